The second-order valence-electron chi connectivity index (χ2n) is 7.88. The lowest BCUT2D eigenvalue weighted by Gasteiger charge is -2.31. The third-order valence-corrected chi connectivity index (χ3v) is 5.70. The number of ether oxygens (including phenoxy) is 1. The zero-order valence-corrected chi connectivity index (χ0v) is 18.2. The van der Waals surface area contributed by atoms with Crippen LogP contribution in [0.4, 0.5) is 5.69 Å². The largest absolute Gasteiger partial charge is 0.494 e. The minimum Gasteiger partial charge on any atom is -0.494 e. The Hall–Kier alpha value is -3.54. The molecule has 0 bridgehead atoms. The summed E-state index contributed by atoms with van der Waals surface area (Å²) >= 11 is 0. The van der Waals surface area contributed by atoms with Gasteiger partial charge in [0, 0.05) is 11.7 Å². The molecule has 32 heavy (non-hydrogen) atoms. The van der Waals surface area contributed by atoms with E-state index in [1.165, 1.54) is 11.2 Å². The van der Waals surface area contributed by atoms with Crippen molar-refractivity contribution in [2.24, 2.45) is 0 Å². The first kappa shape index (κ1) is 21.7. The van der Waals surface area contributed by atoms with Crippen molar-refractivity contribution in [1.29, 1.82) is 0 Å². The maximum Gasteiger partial charge on any atom is 0.294 e. The number of para-hydroxylation sites is 1. The fourth-order valence-electron chi connectivity index (χ4n) is 4.17. The second-order valence-corrected chi connectivity index (χ2v) is 7.88. The second kappa shape index (κ2) is 10.2. The first-order valence-corrected chi connectivity index (χ1v) is 11.1. The zero-order chi connectivity index (χ0) is 22.3. The van der Waals surface area contributed by atoms with Crippen molar-refractivity contribution < 1.29 is 18.7 Å². The molecule has 1 fully saturated rings. The van der Waals surface area contributed by atoms with Crippen molar-refractivity contribution in [3.63, 3.8) is 0 Å². The molecule has 1 aliphatic carbocycles. The van der Waals surface area contributed by atoms with Crippen molar-refractivity contribution in [2.45, 2.75) is 44.7 Å². The average molecular weight is 433 g/mol. The van der Waals surface area contributed by atoms with Crippen LogP contribution in [0.2, 0.25) is 0 Å². The summed E-state index contributed by atoms with van der Waals surface area (Å²) in [7, 11) is 0. The minimum atomic E-state index is -0.855. The molecule has 0 radical (unpaired) electrons. The summed E-state index contributed by atoms with van der Waals surface area (Å²) in [5.74, 6) is 0.319. The number of furan rings is 1. The van der Waals surface area contributed by atoms with Gasteiger partial charge in [0.25, 0.3) is 5.91 Å². The molecular weight excluding hydrogens is 404 g/mol. The summed E-state index contributed by atoms with van der Waals surface area (Å²) in [6.45, 7) is 2.48. The van der Waals surface area contributed by atoms with Crippen LogP contribution < -0.4 is 15.0 Å². The smallest absolute Gasteiger partial charge is 0.294 e. The van der Waals surface area contributed by atoms with Gasteiger partial charge in [0.15, 0.2) is 5.76 Å². The van der Waals surface area contributed by atoms with E-state index in [4.69, 9.17) is 9.15 Å². The highest BCUT2D eigenvalue weighted by atomic mass is 16.5. The molecule has 1 saturated carbocycles. The average Bonchev–Trinajstić information content (AvgIpc) is 3.53. The van der Waals surface area contributed by atoms with Crippen LogP contribution in [0, 0.1) is 0 Å². The first-order chi connectivity index (χ1) is 15.7. The molecule has 6 nitrogen and oxygen atoms in total. The molecule has 1 aromatic heterocycles. The van der Waals surface area contributed by atoms with Crippen molar-refractivity contribution in [2.75, 3.05) is 11.5 Å². The monoisotopic (exact) mass is 432 g/mol. The van der Waals surface area contributed by atoms with Gasteiger partial charge >= 0.3 is 0 Å². The molecule has 6 heteroatoms. The third-order valence-electron chi connectivity index (χ3n) is 5.70. The van der Waals surface area contributed by atoms with Gasteiger partial charge < -0.3 is 14.5 Å². The summed E-state index contributed by atoms with van der Waals surface area (Å²) in [6.07, 6.45) is 5.58. The number of carbonyl (C=O) groups excluding carboxylic acids is 2. The summed E-state index contributed by atoms with van der Waals surface area (Å²) in [6, 6.07) is 19.1. The number of hydrogen-bond acceptors (Lipinski definition) is 4. The van der Waals surface area contributed by atoms with Gasteiger partial charge in [0.2, 0.25) is 5.91 Å². The molecule has 2 aromatic carbocycles. The first-order valence-electron chi connectivity index (χ1n) is 11.1. The summed E-state index contributed by atoms with van der Waals surface area (Å²) in [5.41, 5.74) is 1.32. The number of nitrogens with one attached hydrogen (secondary N) is 1. The van der Waals surface area contributed by atoms with E-state index in [0.717, 1.165) is 31.4 Å². The maximum absolute atomic E-state index is 13.6. The van der Waals surface area contributed by atoms with E-state index in [1.807, 2.05) is 61.5 Å². The molecule has 166 valence electrons. The number of amides is 2. The van der Waals surface area contributed by atoms with Gasteiger partial charge in [-0.05, 0) is 61.7 Å². The van der Waals surface area contributed by atoms with E-state index in [1.54, 1.807) is 12.1 Å². The Bertz CT molecular complexity index is 1010. The standard InChI is InChI=1S/C26H28N2O4/c1-2-31-22-16-14-19(15-17-22)24(25(29)27-20-9-6-7-10-20)28(21-11-4-3-5-12-21)26(30)23-13-8-18-32-23/h3-5,8,11-18,20,24H,2,6-7,9-10H2,1H3,(H,27,29). The molecule has 0 aliphatic heterocycles. The molecule has 3 aromatic rings. The highest BCUT2D eigenvalue weighted by Gasteiger charge is 2.35. The maximum atomic E-state index is 13.6. The van der Waals surface area contributed by atoms with Crippen molar-refractivity contribution in [3.8, 4) is 5.75 Å². The van der Waals surface area contributed by atoms with E-state index in [2.05, 4.69) is 5.32 Å². The van der Waals surface area contributed by atoms with E-state index in [-0.39, 0.29) is 23.6 Å². The molecule has 1 heterocycles. The molecule has 1 atom stereocenters. The number of nitrogens with zero attached hydrogens (tertiary/aromatic N) is 1. The fourth-order valence-corrected chi connectivity index (χ4v) is 4.17. The summed E-state index contributed by atoms with van der Waals surface area (Å²) < 4.78 is 11.0. The fraction of sp³-hybridized carbons (Fsp3) is 0.308. The predicted octanol–water partition coefficient (Wildman–Crippen LogP) is 5.13. The molecule has 1 unspecified atom stereocenters. The Labute approximate surface area is 188 Å². The van der Waals surface area contributed by atoms with Gasteiger partial charge in [-0.25, -0.2) is 0 Å². The Morgan fingerprint density at radius 2 is 1.75 bits per heavy atom. The van der Waals surface area contributed by atoms with Crippen LogP contribution in [-0.2, 0) is 4.79 Å². The van der Waals surface area contributed by atoms with Crippen molar-refractivity contribution in [3.05, 3.63) is 84.3 Å². The van der Waals surface area contributed by atoms with Gasteiger partial charge in [0.05, 0.1) is 12.9 Å². The van der Waals surface area contributed by atoms with Crippen LogP contribution in [0.15, 0.2) is 77.4 Å². The van der Waals surface area contributed by atoms with Crippen LogP contribution >= 0.6 is 0 Å². The van der Waals surface area contributed by atoms with Crippen LogP contribution in [-0.4, -0.2) is 24.5 Å². The SMILES string of the molecule is CCOc1ccc(C(C(=O)NC2CCCC2)N(C(=O)c2ccco2)c2ccccc2)cc1. The number of carbonyl (C=O) groups is 2. The predicted molar refractivity (Wildman–Crippen MR) is 123 cm³/mol. The van der Waals surface area contributed by atoms with Crippen LogP contribution in [0.25, 0.3) is 0 Å². The van der Waals surface area contributed by atoms with E-state index in [9.17, 15) is 9.59 Å². The number of hydrogen-bond donors (Lipinski definition) is 1. The lowest BCUT2D eigenvalue weighted by molar-refractivity contribution is -0.123. The zero-order valence-electron chi connectivity index (χ0n) is 18.2. The van der Waals surface area contributed by atoms with E-state index in [0.29, 0.717) is 17.9 Å². The summed E-state index contributed by atoms with van der Waals surface area (Å²) in [4.78, 5) is 28.7. The lowest BCUT2D eigenvalue weighted by atomic mass is 10.0. The van der Waals surface area contributed by atoms with E-state index < -0.39 is 6.04 Å². The number of anilines is 1. The van der Waals surface area contributed by atoms with Gasteiger partial charge in [-0.2, -0.15) is 0 Å². The van der Waals surface area contributed by atoms with Gasteiger partial charge in [-0.15, -0.1) is 0 Å². The Balaban J connectivity index is 1.76. The quantitative estimate of drug-likeness (QED) is 0.536. The highest BCUT2D eigenvalue weighted by molar-refractivity contribution is 6.08. The molecule has 4 rings (SSSR count). The third kappa shape index (κ3) is 4.85. The number of benzene rings is 2. The van der Waals surface area contributed by atoms with Crippen LogP contribution in [0.1, 0.15) is 54.8 Å². The normalized spacial score (nSPS) is 14.7. The molecule has 0 spiro atoms. The van der Waals surface area contributed by atoms with Crippen LogP contribution in [0.3, 0.4) is 0 Å². The van der Waals surface area contributed by atoms with Crippen LogP contribution in [0.5, 0.6) is 5.75 Å². The number of rotatable bonds is 8. The minimum absolute atomic E-state index is 0.129. The van der Waals surface area contributed by atoms with E-state index >= 15 is 0 Å². The molecule has 0 saturated heterocycles. The van der Waals surface area contributed by atoms with Crippen molar-refractivity contribution in [1.82, 2.24) is 5.32 Å². The molecule has 1 N–H and O–H groups in total. The van der Waals surface area contributed by atoms with Gasteiger partial charge in [-0.3, -0.25) is 14.5 Å². The lowest BCUT2D eigenvalue weighted by Crippen LogP contribution is -2.46. The molecular formula is C26H28N2O4. The molecule has 1 aliphatic rings. The molecule has 2 amide bonds. The van der Waals surface area contributed by atoms with Crippen molar-refractivity contribution >= 4 is 17.5 Å². The summed E-state index contributed by atoms with van der Waals surface area (Å²) in [5, 5.41) is 3.17. The van der Waals surface area contributed by atoms with Gasteiger partial charge in [0.1, 0.15) is 11.8 Å². The highest BCUT2D eigenvalue weighted by Crippen LogP contribution is 2.31. The Kier molecular flexibility index (Phi) is 6.90. The topological polar surface area (TPSA) is 71.8 Å². The Morgan fingerprint density at radius 1 is 1.03 bits per heavy atom. The van der Waals surface area contributed by atoms with Gasteiger partial charge in [-0.1, -0.05) is 43.2 Å². The Morgan fingerprint density at radius 3 is 2.38 bits per heavy atom.